The van der Waals surface area contributed by atoms with Crippen molar-refractivity contribution in [3.8, 4) is 0 Å². The summed E-state index contributed by atoms with van der Waals surface area (Å²) in [6.45, 7) is 12.9. The van der Waals surface area contributed by atoms with E-state index in [2.05, 4.69) is 6.58 Å². The molecule has 0 unspecified atom stereocenters. The van der Waals surface area contributed by atoms with Gasteiger partial charge in [0.1, 0.15) is 0 Å². The van der Waals surface area contributed by atoms with E-state index in [1.54, 1.807) is 6.92 Å². The van der Waals surface area contributed by atoms with Crippen LogP contribution in [0.25, 0.3) is 0 Å². The lowest BCUT2D eigenvalue weighted by Crippen LogP contribution is -2.46. The van der Waals surface area contributed by atoms with Crippen LogP contribution in [0.15, 0.2) is 12.2 Å². The lowest BCUT2D eigenvalue weighted by Gasteiger charge is -2.28. The molecule has 18 heavy (non-hydrogen) atoms. The van der Waals surface area contributed by atoms with Gasteiger partial charge in [0.2, 0.25) is 0 Å². The van der Waals surface area contributed by atoms with Gasteiger partial charge in [0, 0.05) is 32.3 Å². The molecule has 0 aromatic carbocycles. The molecule has 0 spiro atoms. The molecule has 0 amide bonds. The van der Waals surface area contributed by atoms with Crippen LogP contribution in [0.5, 0.6) is 0 Å². The van der Waals surface area contributed by atoms with E-state index in [1.807, 2.05) is 20.8 Å². The van der Waals surface area contributed by atoms with Crippen LogP contribution in [0.3, 0.4) is 0 Å². The Morgan fingerprint density at radius 1 is 1.06 bits per heavy atom. The molecule has 0 heterocycles. The van der Waals surface area contributed by atoms with Crippen molar-refractivity contribution in [3.05, 3.63) is 12.2 Å². The molecule has 0 aromatic rings. The summed E-state index contributed by atoms with van der Waals surface area (Å²) in [5, 5.41) is 0. The Balaban J connectivity index is 4.37. The Bertz CT molecular complexity index is 249. The van der Waals surface area contributed by atoms with Crippen LogP contribution < -0.4 is 0 Å². The summed E-state index contributed by atoms with van der Waals surface area (Å²) in [5.41, 5.74) is 0.603. The van der Waals surface area contributed by atoms with E-state index in [4.69, 9.17) is 13.3 Å². The summed E-state index contributed by atoms with van der Waals surface area (Å²) in [7, 11) is -2.58. The van der Waals surface area contributed by atoms with Gasteiger partial charge < -0.3 is 13.3 Å². The third-order valence-corrected chi connectivity index (χ3v) is 5.61. The number of carbonyl (C=O) groups excluding carboxylic acids is 1. The van der Waals surface area contributed by atoms with E-state index < -0.39 is 8.80 Å². The van der Waals surface area contributed by atoms with Gasteiger partial charge in [-0.2, -0.15) is 0 Å². The first-order valence-corrected chi connectivity index (χ1v) is 8.55. The highest BCUT2D eigenvalue weighted by molar-refractivity contribution is 6.60. The predicted octanol–water partition coefficient (Wildman–Crippen LogP) is 2.96. The molecule has 0 N–H and O–H groups in total. The summed E-state index contributed by atoms with van der Waals surface area (Å²) >= 11 is 0. The van der Waals surface area contributed by atoms with Crippen molar-refractivity contribution in [3.63, 3.8) is 0 Å². The minimum atomic E-state index is -2.58. The topological polar surface area (TPSA) is 44.8 Å². The molecule has 106 valence electrons. The first-order chi connectivity index (χ1) is 8.51. The number of allylic oxidation sites excluding steroid dienone is 1. The van der Waals surface area contributed by atoms with Gasteiger partial charge in [-0.1, -0.05) is 6.58 Å². The maximum absolute atomic E-state index is 11.5. The first kappa shape index (κ1) is 17.5. The minimum absolute atomic E-state index is 0.0994. The number of rotatable bonds is 11. The minimum Gasteiger partial charge on any atom is -0.374 e. The van der Waals surface area contributed by atoms with E-state index in [9.17, 15) is 4.79 Å². The van der Waals surface area contributed by atoms with Crippen LogP contribution in [0, 0.1) is 0 Å². The van der Waals surface area contributed by atoms with Crippen LogP contribution in [0.4, 0.5) is 0 Å². The number of hydrogen-bond donors (Lipinski definition) is 0. The van der Waals surface area contributed by atoms with Crippen LogP contribution >= 0.6 is 0 Å². The van der Waals surface area contributed by atoms with Crippen molar-refractivity contribution in [2.75, 3.05) is 19.8 Å². The van der Waals surface area contributed by atoms with E-state index in [0.29, 0.717) is 37.9 Å². The smallest absolute Gasteiger partial charge is 0.374 e. The molecule has 0 atom stereocenters. The average Bonchev–Trinajstić information content (AvgIpc) is 2.29. The summed E-state index contributed by atoms with van der Waals surface area (Å²) in [5.74, 6) is 0.0994. The lowest BCUT2D eigenvalue weighted by atomic mass is 10.1. The molecule has 0 aliphatic heterocycles. The summed E-state index contributed by atoms with van der Waals surface area (Å²) in [4.78, 5) is 11.5. The molecular formula is C13H26O4Si. The van der Waals surface area contributed by atoms with Gasteiger partial charge in [0.15, 0.2) is 5.78 Å². The van der Waals surface area contributed by atoms with Gasteiger partial charge in [0.25, 0.3) is 0 Å². The molecule has 5 heteroatoms. The van der Waals surface area contributed by atoms with E-state index in [1.165, 1.54) is 0 Å². The summed E-state index contributed by atoms with van der Waals surface area (Å²) < 4.78 is 17.1. The molecule has 0 fully saturated rings. The zero-order valence-electron chi connectivity index (χ0n) is 12.1. The Labute approximate surface area is 112 Å². The van der Waals surface area contributed by atoms with Gasteiger partial charge in [0.05, 0.1) is 0 Å². The first-order valence-electron chi connectivity index (χ1n) is 6.61. The normalized spacial score (nSPS) is 11.6. The maximum atomic E-state index is 11.5. The largest absolute Gasteiger partial charge is 0.500 e. The fourth-order valence-electron chi connectivity index (χ4n) is 1.68. The molecule has 0 saturated heterocycles. The molecule has 0 aliphatic carbocycles. The van der Waals surface area contributed by atoms with Gasteiger partial charge >= 0.3 is 8.80 Å². The fraction of sp³-hybridized carbons (Fsp3) is 0.769. The maximum Gasteiger partial charge on any atom is 0.500 e. The number of carbonyl (C=O) groups is 1. The van der Waals surface area contributed by atoms with Crippen LogP contribution in [-0.2, 0) is 18.1 Å². The van der Waals surface area contributed by atoms with Crippen molar-refractivity contribution in [2.24, 2.45) is 0 Å². The molecular weight excluding hydrogens is 248 g/mol. The monoisotopic (exact) mass is 274 g/mol. The Hall–Kier alpha value is -0.493. The summed E-state index contributed by atoms with van der Waals surface area (Å²) in [6, 6.07) is 0.682. The van der Waals surface area contributed by atoms with Crippen LogP contribution in [-0.4, -0.2) is 34.4 Å². The highest BCUT2D eigenvalue weighted by Gasteiger charge is 2.39. The van der Waals surface area contributed by atoms with Crippen molar-refractivity contribution in [1.82, 2.24) is 0 Å². The predicted molar refractivity (Wildman–Crippen MR) is 74.5 cm³/mol. The van der Waals surface area contributed by atoms with Gasteiger partial charge in [-0.05, 0) is 39.7 Å². The lowest BCUT2D eigenvalue weighted by molar-refractivity contribution is -0.115. The molecule has 4 nitrogen and oxygen atoms in total. The third kappa shape index (κ3) is 6.44. The second-order valence-corrected chi connectivity index (χ2v) is 6.77. The summed E-state index contributed by atoms with van der Waals surface area (Å²) in [6.07, 6.45) is 1.20. The van der Waals surface area contributed by atoms with E-state index in [-0.39, 0.29) is 5.78 Å². The van der Waals surface area contributed by atoms with E-state index >= 15 is 0 Å². The molecule has 0 aromatic heterocycles. The highest BCUT2D eigenvalue weighted by Crippen LogP contribution is 2.19. The average molecular weight is 274 g/mol. The van der Waals surface area contributed by atoms with Crippen molar-refractivity contribution in [2.45, 2.75) is 46.6 Å². The highest BCUT2D eigenvalue weighted by atomic mass is 28.4. The standard InChI is InChI=1S/C13H26O4Si/c1-6-15-18(16-7-2,17-8-3)11-9-10-13(14)12(4)5/h4,6-11H2,1-3,5H3. The second-order valence-electron chi connectivity index (χ2n) is 4.04. The molecule has 0 radical (unpaired) electrons. The van der Waals surface area contributed by atoms with Gasteiger partial charge in [-0.25, -0.2) is 0 Å². The molecule has 0 saturated carbocycles. The number of Topliss-reactive ketones (excluding diaryl/α,β-unsaturated/α-hetero) is 1. The van der Waals surface area contributed by atoms with Crippen LogP contribution in [0.2, 0.25) is 6.04 Å². The van der Waals surface area contributed by atoms with Gasteiger partial charge in [-0.3, -0.25) is 4.79 Å². The zero-order chi connectivity index (χ0) is 14.0. The Morgan fingerprint density at radius 3 is 1.83 bits per heavy atom. The quantitative estimate of drug-likeness (QED) is 0.429. The van der Waals surface area contributed by atoms with Crippen molar-refractivity contribution >= 4 is 14.6 Å². The van der Waals surface area contributed by atoms with Crippen molar-refractivity contribution in [1.29, 1.82) is 0 Å². The zero-order valence-corrected chi connectivity index (χ0v) is 13.1. The van der Waals surface area contributed by atoms with Crippen LogP contribution in [0.1, 0.15) is 40.5 Å². The Morgan fingerprint density at radius 2 is 1.50 bits per heavy atom. The molecule has 0 aliphatic rings. The van der Waals surface area contributed by atoms with Crippen molar-refractivity contribution < 1.29 is 18.1 Å². The van der Waals surface area contributed by atoms with E-state index in [0.717, 1.165) is 6.42 Å². The fourth-order valence-corrected chi connectivity index (χ4v) is 4.29. The SMILES string of the molecule is C=C(C)C(=O)CCC[Si](OCC)(OCC)OCC. The van der Waals surface area contributed by atoms with Gasteiger partial charge in [-0.15, -0.1) is 0 Å². The molecule has 0 rings (SSSR count). The number of ketones is 1. The second kappa shape index (κ2) is 9.44. The Kier molecular flexibility index (Phi) is 9.18. The third-order valence-electron chi connectivity index (χ3n) is 2.46. The molecule has 0 bridgehead atoms. The number of hydrogen-bond acceptors (Lipinski definition) is 4.